The fourth-order valence-electron chi connectivity index (χ4n) is 2.81. The Morgan fingerprint density at radius 3 is 2.33 bits per heavy atom. The fraction of sp³-hybridized carbons (Fsp3) is 0.600. The largest absolute Gasteiger partial charge is 0.493 e. The van der Waals surface area contributed by atoms with Crippen LogP contribution in [-0.4, -0.2) is 66.5 Å². The van der Waals surface area contributed by atoms with Gasteiger partial charge in [-0.25, -0.2) is 12.8 Å². The molecule has 0 aromatic heterocycles. The van der Waals surface area contributed by atoms with Crippen molar-refractivity contribution in [2.75, 3.05) is 41.6 Å². The highest BCUT2D eigenvalue weighted by Crippen LogP contribution is 2.35. The molecule has 1 aromatic carbocycles. The number of sulfonamides is 1. The SMILES string of the molecule is COC[C@@H]1C[C@H](OC)CN1S(=O)(=O)c1cc(OC)c(OC)cc1F. The zero-order valence-corrected chi connectivity index (χ0v) is 14.9. The molecule has 0 saturated carbocycles. The molecule has 0 aliphatic carbocycles. The number of rotatable bonds is 7. The second-order valence-electron chi connectivity index (χ2n) is 5.41. The third kappa shape index (κ3) is 3.49. The van der Waals surface area contributed by atoms with Crippen LogP contribution in [0.3, 0.4) is 0 Å². The summed E-state index contributed by atoms with van der Waals surface area (Å²) in [5.74, 6) is -0.633. The Labute approximate surface area is 141 Å². The van der Waals surface area contributed by atoms with Gasteiger partial charge in [-0.05, 0) is 6.42 Å². The summed E-state index contributed by atoms with van der Waals surface area (Å²) in [6.07, 6.45) is 0.224. The Kier molecular flexibility index (Phi) is 6.02. The molecular formula is C15H22FNO6S. The van der Waals surface area contributed by atoms with E-state index in [-0.39, 0.29) is 30.8 Å². The van der Waals surface area contributed by atoms with Crippen LogP contribution in [-0.2, 0) is 19.5 Å². The minimum absolute atomic E-state index is 0.124. The molecule has 1 heterocycles. The van der Waals surface area contributed by atoms with Crippen molar-refractivity contribution in [1.82, 2.24) is 4.31 Å². The molecule has 1 aliphatic heterocycles. The maximum atomic E-state index is 14.4. The molecule has 136 valence electrons. The van der Waals surface area contributed by atoms with Crippen LogP contribution in [0.25, 0.3) is 0 Å². The van der Waals surface area contributed by atoms with Crippen molar-refractivity contribution in [3.63, 3.8) is 0 Å². The van der Waals surface area contributed by atoms with Crippen molar-refractivity contribution in [2.24, 2.45) is 0 Å². The molecule has 0 N–H and O–H groups in total. The van der Waals surface area contributed by atoms with Crippen LogP contribution in [0.15, 0.2) is 17.0 Å². The van der Waals surface area contributed by atoms with Gasteiger partial charge < -0.3 is 18.9 Å². The summed E-state index contributed by atoms with van der Waals surface area (Å²) in [4.78, 5) is -0.460. The molecular weight excluding hydrogens is 341 g/mol. The smallest absolute Gasteiger partial charge is 0.246 e. The van der Waals surface area contributed by atoms with Gasteiger partial charge in [0.15, 0.2) is 11.5 Å². The monoisotopic (exact) mass is 363 g/mol. The number of ether oxygens (including phenoxy) is 4. The zero-order chi connectivity index (χ0) is 17.9. The third-order valence-corrected chi connectivity index (χ3v) is 5.98. The first-order valence-corrected chi connectivity index (χ1v) is 8.78. The Morgan fingerprint density at radius 2 is 1.79 bits per heavy atom. The van der Waals surface area contributed by atoms with E-state index in [1.807, 2.05) is 0 Å². The Morgan fingerprint density at radius 1 is 1.17 bits per heavy atom. The van der Waals surface area contributed by atoms with Crippen LogP contribution in [0.4, 0.5) is 4.39 Å². The summed E-state index contributed by atoms with van der Waals surface area (Å²) in [7, 11) is 1.63. The van der Waals surface area contributed by atoms with Crippen molar-refractivity contribution in [3.05, 3.63) is 17.9 Å². The second-order valence-corrected chi connectivity index (χ2v) is 7.27. The van der Waals surface area contributed by atoms with Gasteiger partial charge in [0, 0.05) is 32.9 Å². The number of methoxy groups -OCH3 is 4. The van der Waals surface area contributed by atoms with Gasteiger partial charge in [-0.15, -0.1) is 0 Å². The summed E-state index contributed by atoms with van der Waals surface area (Å²) in [5.41, 5.74) is 0. The van der Waals surface area contributed by atoms with Gasteiger partial charge in [-0.1, -0.05) is 0 Å². The van der Waals surface area contributed by atoms with Crippen LogP contribution in [0.1, 0.15) is 6.42 Å². The Hall–Kier alpha value is -1.42. The van der Waals surface area contributed by atoms with Crippen molar-refractivity contribution in [3.8, 4) is 11.5 Å². The summed E-state index contributed by atoms with van der Waals surface area (Å²) in [5, 5.41) is 0. The molecule has 1 fully saturated rings. The topological polar surface area (TPSA) is 74.3 Å². The molecule has 0 bridgehead atoms. The molecule has 2 rings (SSSR count). The number of nitrogens with zero attached hydrogens (tertiary/aromatic N) is 1. The molecule has 2 atom stereocenters. The summed E-state index contributed by atoms with van der Waals surface area (Å²) in [6, 6.07) is 1.71. The minimum Gasteiger partial charge on any atom is -0.493 e. The number of halogens is 1. The van der Waals surface area contributed by atoms with Crippen LogP contribution in [0.5, 0.6) is 11.5 Å². The fourth-order valence-corrected chi connectivity index (χ4v) is 4.53. The quantitative estimate of drug-likeness (QED) is 0.726. The molecule has 0 unspecified atom stereocenters. The lowest BCUT2D eigenvalue weighted by Gasteiger charge is -2.23. The van der Waals surface area contributed by atoms with E-state index in [0.717, 1.165) is 12.1 Å². The summed E-state index contributed by atoms with van der Waals surface area (Å²) < 4.78 is 61.9. The van der Waals surface area contributed by atoms with E-state index in [2.05, 4.69) is 0 Å². The van der Waals surface area contributed by atoms with Crippen molar-refractivity contribution in [2.45, 2.75) is 23.5 Å². The lowest BCUT2D eigenvalue weighted by Crippen LogP contribution is -2.38. The highest BCUT2D eigenvalue weighted by Gasteiger charge is 2.41. The zero-order valence-electron chi connectivity index (χ0n) is 14.1. The molecule has 1 saturated heterocycles. The van der Waals surface area contributed by atoms with E-state index >= 15 is 0 Å². The maximum absolute atomic E-state index is 14.4. The molecule has 0 amide bonds. The molecule has 0 radical (unpaired) electrons. The van der Waals surface area contributed by atoms with Gasteiger partial charge in [0.2, 0.25) is 10.0 Å². The summed E-state index contributed by atoms with van der Waals surface area (Å²) >= 11 is 0. The first-order chi connectivity index (χ1) is 11.4. The van der Waals surface area contributed by atoms with E-state index in [4.69, 9.17) is 18.9 Å². The molecule has 24 heavy (non-hydrogen) atoms. The Bertz CT molecular complexity index is 681. The average Bonchev–Trinajstić information content (AvgIpc) is 2.98. The average molecular weight is 363 g/mol. The van der Waals surface area contributed by atoms with E-state index in [9.17, 15) is 12.8 Å². The van der Waals surface area contributed by atoms with Crippen LogP contribution in [0, 0.1) is 5.82 Å². The number of hydrogen-bond acceptors (Lipinski definition) is 6. The van der Waals surface area contributed by atoms with E-state index in [0.29, 0.717) is 6.42 Å². The normalized spacial score (nSPS) is 21.9. The van der Waals surface area contributed by atoms with Crippen molar-refractivity contribution in [1.29, 1.82) is 0 Å². The molecule has 1 aliphatic rings. The van der Waals surface area contributed by atoms with E-state index < -0.39 is 26.8 Å². The third-order valence-electron chi connectivity index (χ3n) is 4.04. The standard InChI is InChI=1S/C15H22FNO6S/c1-20-9-10-5-11(21-2)8-17(10)24(18,19)15-7-14(23-4)13(22-3)6-12(15)16/h6-7,10-11H,5,8-9H2,1-4H3/t10-,11-/m0/s1. The highest BCUT2D eigenvalue weighted by molar-refractivity contribution is 7.89. The Balaban J connectivity index is 2.46. The minimum atomic E-state index is -4.08. The van der Waals surface area contributed by atoms with Gasteiger partial charge in [-0.2, -0.15) is 4.31 Å². The van der Waals surface area contributed by atoms with Crippen molar-refractivity contribution < 1.29 is 31.8 Å². The summed E-state index contributed by atoms with van der Waals surface area (Å²) in [6.45, 7) is 0.342. The van der Waals surface area contributed by atoms with Gasteiger partial charge in [-0.3, -0.25) is 0 Å². The molecule has 9 heteroatoms. The van der Waals surface area contributed by atoms with Crippen LogP contribution >= 0.6 is 0 Å². The predicted octanol–water partition coefficient (Wildman–Crippen LogP) is 1.27. The predicted molar refractivity (Wildman–Crippen MR) is 84.5 cm³/mol. The molecule has 1 aromatic rings. The number of hydrogen-bond donors (Lipinski definition) is 0. The second kappa shape index (κ2) is 7.64. The van der Waals surface area contributed by atoms with Gasteiger partial charge in [0.25, 0.3) is 0 Å². The first-order valence-electron chi connectivity index (χ1n) is 7.34. The van der Waals surface area contributed by atoms with Crippen LogP contribution < -0.4 is 9.47 Å². The first kappa shape index (κ1) is 18.9. The lowest BCUT2D eigenvalue weighted by atomic mass is 10.2. The van der Waals surface area contributed by atoms with E-state index in [1.54, 1.807) is 0 Å². The highest BCUT2D eigenvalue weighted by atomic mass is 32.2. The molecule has 7 nitrogen and oxygen atoms in total. The van der Waals surface area contributed by atoms with Gasteiger partial charge in [0.05, 0.1) is 33.0 Å². The van der Waals surface area contributed by atoms with Crippen LogP contribution in [0.2, 0.25) is 0 Å². The van der Waals surface area contributed by atoms with Gasteiger partial charge in [0.1, 0.15) is 10.7 Å². The molecule has 0 spiro atoms. The maximum Gasteiger partial charge on any atom is 0.246 e. The lowest BCUT2D eigenvalue weighted by molar-refractivity contribution is 0.110. The van der Waals surface area contributed by atoms with Crippen molar-refractivity contribution >= 4 is 10.0 Å². The van der Waals surface area contributed by atoms with Gasteiger partial charge >= 0.3 is 0 Å². The number of benzene rings is 1. The van der Waals surface area contributed by atoms with E-state index in [1.165, 1.54) is 32.7 Å².